The van der Waals surface area contributed by atoms with E-state index in [1.807, 2.05) is 37.5 Å². The number of hydrogen-bond donors (Lipinski definition) is 1. The summed E-state index contributed by atoms with van der Waals surface area (Å²) in [7, 11) is 1.95. The highest BCUT2D eigenvalue weighted by atomic mass is 79.9. The Balaban J connectivity index is 2.21. The van der Waals surface area contributed by atoms with Gasteiger partial charge in [0.05, 0.1) is 0 Å². The van der Waals surface area contributed by atoms with Gasteiger partial charge < -0.3 is 5.32 Å². The van der Waals surface area contributed by atoms with Crippen LogP contribution in [0.2, 0.25) is 5.02 Å². The van der Waals surface area contributed by atoms with Crippen LogP contribution in [0.3, 0.4) is 0 Å². The van der Waals surface area contributed by atoms with E-state index in [4.69, 9.17) is 11.6 Å². The average molecular weight is 326 g/mol. The number of likely N-dealkylation sites (N-methyl/N-ethyl adjacent to an activating group) is 1. The topological polar surface area (TPSA) is 24.9 Å². The van der Waals surface area contributed by atoms with Gasteiger partial charge in [0.15, 0.2) is 0 Å². The second-order valence-corrected chi connectivity index (χ2v) is 5.39. The summed E-state index contributed by atoms with van der Waals surface area (Å²) in [6.45, 7) is 0. The van der Waals surface area contributed by atoms with Crippen LogP contribution in [0.1, 0.15) is 17.2 Å². The molecule has 2 rings (SSSR count). The maximum Gasteiger partial charge on any atom is 0.0449 e. The van der Waals surface area contributed by atoms with Gasteiger partial charge in [0.2, 0.25) is 0 Å². The lowest BCUT2D eigenvalue weighted by Gasteiger charge is -2.17. The van der Waals surface area contributed by atoms with Crippen LogP contribution in [-0.4, -0.2) is 12.0 Å². The molecule has 0 spiro atoms. The number of nitrogens with zero attached hydrogens (tertiary/aromatic N) is 1. The van der Waals surface area contributed by atoms with Crippen molar-refractivity contribution in [2.24, 2.45) is 0 Å². The fraction of sp³-hybridized carbons (Fsp3) is 0.214. The van der Waals surface area contributed by atoms with Gasteiger partial charge in [-0.15, -0.1) is 0 Å². The number of pyridine rings is 1. The zero-order valence-electron chi connectivity index (χ0n) is 10.0. The van der Waals surface area contributed by atoms with Crippen LogP contribution < -0.4 is 5.32 Å². The quantitative estimate of drug-likeness (QED) is 0.919. The Morgan fingerprint density at radius 1 is 1.39 bits per heavy atom. The third-order valence-electron chi connectivity index (χ3n) is 2.87. The first kappa shape index (κ1) is 13.5. The van der Waals surface area contributed by atoms with E-state index in [1.54, 1.807) is 6.20 Å². The maximum absolute atomic E-state index is 6.24. The monoisotopic (exact) mass is 324 g/mol. The molecule has 4 heteroatoms. The van der Waals surface area contributed by atoms with Crippen molar-refractivity contribution in [2.45, 2.75) is 12.5 Å². The van der Waals surface area contributed by atoms with Crippen LogP contribution in [0.25, 0.3) is 0 Å². The molecule has 94 valence electrons. The van der Waals surface area contributed by atoms with Crippen LogP contribution in [-0.2, 0) is 6.42 Å². The predicted octanol–water partition coefficient (Wildman–Crippen LogP) is 4.00. The van der Waals surface area contributed by atoms with Gasteiger partial charge in [-0.05, 0) is 42.8 Å². The van der Waals surface area contributed by atoms with E-state index in [9.17, 15) is 0 Å². The molecule has 1 aromatic heterocycles. The van der Waals surface area contributed by atoms with Gasteiger partial charge in [0.25, 0.3) is 0 Å². The molecule has 0 radical (unpaired) electrons. The molecule has 1 aromatic carbocycles. The summed E-state index contributed by atoms with van der Waals surface area (Å²) >= 11 is 9.66. The third kappa shape index (κ3) is 3.31. The first-order valence-corrected chi connectivity index (χ1v) is 6.89. The molecule has 2 aromatic rings. The number of aromatic nitrogens is 1. The van der Waals surface area contributed by atoms with Crippen LogP contribution >= 0.6 is 27.5 Å². The minimum absolute atomic E-state index is 0.220. The van der Waals surface area contributed by atoms with Crippen molar-refractivity contribution < 1.29 is 0 Å². The Hall–Kier alpha value is -0.900. The van der Waals surface area contributed by atoms with Gasteiger partial charge in [-0.2, -0.15) is 0 Å². The molecule has 0 bridgehead atoms. The van der Waals surface area contributed by atoms with Gasteiger partial charge >= 0.3 is 0 Å². The molecular weight excluding hydrogens is 312 g/mol. The number of hydrogen-bond acceptors (Lipinski definition) is 2. The number of halogens is 2. The van der Waals surface area contributed by atoms with Crippen molar-refractivity contribution in [1.82, 2.24) is 10.3 Å². The zero-order chi connectivity index (χ0) is 13.0. The normalized spacial score (nSPS) is 12.4. The summed E-state index contributed by atoms with van der Waals surface area (Å²) in [6, 6.07) is 10.2. The Kier molecular flexibility index (Phi) is 4.75. The van der Waals surface area contributed by atoms with E-state index in [-0.39, 0.29) is 6.04 Å². The summed E-state index contributed by atoms with van der Waals surface area (Å²) in [4.78, 5) is 4.15. The summed E-state index contributed by atoms with van der Waals surface area (Å²) in [5.41, 5.74) is 2.29. The summed E-state index contributed by atoms with van der Waals surface area (Å²) in [6.07, 6.45) is 4.51. The molecular formula is C14H14BrClN2. The van der Waals surface area contributed by atoms with Gasteiger partial charge in [0, 0.05) is 27.9 Å². The van der Waals surface area contributed by atoms with Crippen LogP contribution in [0, 0.1) is 0 Å². The number of benzene rings is 1. The van der Waals surface area contributed by atoms with Crippen molar-refractivity contribution in [3.63, 3.8) is 0 Å². The lowest BCUT2D eigenvalue weighted by atomic mass is 10.0. The Morgan fingerprint density at radius 2 is 2.22 bits per heavy atom. The van der Waals surface area contributed by atoms with Crippen molar-refractivity contribution in [2.75, 3.05) is 7.05 Å². The third-order valence-corrected chi connectivity index (χ3v) is 3.72. The molecule has 1 atom stereocenters. The minimum atomic E-state index is 0.220. The predicted molar refractivity (Wildman–Crippen MR) is 78.9 cm³/mol. The first-order chi connectivity index (χ1) is 8.70. The second kappa shape index (κ2) is 6.32. The summed E-state index contributed by atoms with van der Waals surface area (Å²) in [5, 5.41) is 4.08. The number of nitrogens with one attached hydrogen (secondary N) is 1. The molecule has 0 aliphatic rings. The van der Waals surface area contributed by atoms with E-state index in [1.165, 1.54) is 5.56 Å². The average Bonchev–Trinajstić information content (AvgIpc) is 2.39. The molecule has 0 saturated heterocycles. The molecule has 1 heterocycles. The largest absolute Gasteiger partial charge is 0.313 e. The highest BCUT2D eigenvalue weighted by Crippen LogP contribution is 2.25. The lowest BCUT2D eigenvalue weighted by Crippen LogP contribution is -2.19. The van der Waals surface area contributed by atoms with Gasteiger partial charge in [-0.1, -0.05) is 39.7 Å². The Labute approximate surface area is 121 Å². The van der Waals surface area contributed by atoms with Gasteiger partial charge in [-0.3, -0.25) is 4.98 Å². The molecule has 1 unspecified atom stereocenters. The SMILES string of the molecule is CNC(Cc1ccc(Br)cc1Cl)c1cccnc1. The maximum atomic E-state index is 6.24. The zero-order valence-corrected chi connectivity index (χ0v) is 12.4. The fourth-order valence-electron chi connectivity index (χ4n) is 1.88. The Morgan fingerprint density at radius 3 is 2.83 bits per heavy atom. The molecule has 0 aliphatic heterocycles. The van der Waals surface area contributed by atoms with Crippen molar-refractivity contribution >= 4 is 27.5 Å². The lowest BCUT2D eigenvalue weighted by molar-refractivity contribution is 0.590. The van der Waals surface area contributed by atoms with E-state index in [2.05, 4.69) is 32.3 Å². The molecule has 0 saturated carbocycles. The van der Waals surface area contributed by atoms with E-state index < -0.39 is 0 Å². The smallest absolute Gasteiger partial charge is 0.0449 e. The molecule has 1 N–H and O–H groups in total. The highest BCUT2D eigenvalue weighted by molar-refractivity contribution is 9.10. The molecule has 0 amide bonds. The van der Waals surface area contributed by atoms with Gasteiger partial charge in [-0.25, -0.2) is 0 Å². The fourth-order valence-corrected chi connectivity index (χ4v) is 2.63. The Bertz CT molecular complexity index is 516. The molecule has 0 aliphatic carbocycles. The second-order valence-electron chi connectivity index (χ2n) is 4.07. The molecule has 18 heavy (non-hydrogen) atoms. The molecule has 0 fully saturated rings. The minimum Gasteiger partial charge on any atom is -0.313 e. The van der Waals surface area contributed by atoms with Gasteiger partial charge in [0.1, 0.15) is 0 Å². The van der Waals surface area contributed by atoms with E-state index >= 15 is 0 Å². The van der Waals surface area contributed by atoms with Crippen molar-refractivity contribution in [3.05, 3.63) is 63.3 Å². The van der Waals surface area contributed by atoms with Crippen molar-refractivity contribution in [1.29, 1.82) is 0 Å². The van der Waals surface area contributed by atoms with E-state index in [0.717, 1.165) is 21.5 Å². The van der Waals surface area contributed by atoms with E-state index in [0.29, 0.717) is 0 Å². The summed E-state index contributed by atoms with van der Waals surface area (Å²) in [5.74, 6) is 0. The summed E-state index contributed by atoms with van der Waals surface area (Å²) < 4.78 is 0.999. The number of rotatable bonds is 4. The standard InChI is InChI=1S/C14H14BrClN2/c1-17-14(11-3-2-6-18-9-11)7-10-4-5-12(15)8-13(10)16/h2-6,8-9,14,17H,7H2,1H3. The first-order valence-electron chi connectivity index (χ1n) is 5.72. The van der Waals surface area contributed by atoms with Crippen molar-refractivity contribution in [3.8, 4) is 0 Å². The molecule has 2 nitrogen and oxygen atoms in total. The van der Waals surface area contributed by atoms with Crippen LogP contribution in [0.15, 0.2) is 47.2 Å². The van der Waals surface area contributed by atoms with Crippen LogP contribution in [0.5, 0.6) is 0 Å². The van der Waals surface area contributed by atoms with Crippen LogP contribution in [0.4, 0.5) is 0 Å². The highest BCUT2D eigenvalue weighted by Gasteiger charge is 2.12.